The molecule has 0 unspecified atom stereocenters. The number of carbonyl (C=O) groups excluding carboxylic acids is 1. The Morgan fingerprint density at radius 1 is 1.38 bits per heavy atom. The minimum absolute atomic E-state index is 0.110. The molecular weight excluding hydrogens is 211 g/mol. The van der Waals surface area contributed by atoms with E-state index >= 15 is 0 Å². The summed E-state index contributed by atoms with van der Waals surface area (Å²) in [7, 11) is 0. The van der Waals surface area contributed by atoms with Gasteiger partial charge in [-0.2, -0.15) is 0 Å². The van der Waals surface area contributed by atoms with Gasteiger partial charge in [0.25, 0.3) is 0 Å². The van der Waals surface area contributed by atoms with Crippen LogP contribution >= 0.6 is 0 Å². The Hall–Kier alpha value is -1.42. The van der Waals surface area contributed by atoms with Crippen LogP contribution in [0.25, 0.3) is 0 Å². The Bertz CT molecular complexity index is 394. The second-order valence-electron chi connectivity index (χ2n) is 4.51. The van der Waals surface area contributed by atoms with E-state index in [0.717, 1.165) is 6.07 Å². The molecule has 0 bridgehead atoms. The average molecular weight is 226 g/mol. The molecule has 0 aliphatic rings. The molecule has 1 N–H and O–H groups in total. The van der Waals surface area contributed by atoms with E-state index in [9.17, 15) is 9.18 Å². The van der Waals surface area contributed by atoms with E-state index in [1.807, 2.05) is 0 Å². The third-order valence-corrected chi connectivity index (χ3v) is 1.77. The number of hydrogen-bond donors (Lipinski definition) is 1. The van der Waals surface area contributed by atoms with E-state index < -0.39 is 17.4 Å². The van der Waals surface area contributed by atoms with Crippen LogP contribution in [0.15, 0.2) is 18.2 Å². The number of rotatable bonds is 2. The highest BCUT2D eigenvalue weighted by molar-refractivity contribution is 5.89. The van der Waals surface area contributed by atoms with Gasteiger partial charge in [-0.05, 0) is 44.5 Å². The average Bonchev–Trinajstić information content (AvgIpc) is 2.14. The van der Waals surface area contributed by atoms with Crippen molar-refractivity contribution in [2.75, 3.05) is 0 Å². The van der Waals surface area contributed by atoms with E-state index in [4.69, 9.17) is 9.84 Å². The Morgan fingerprint density at radius 2 is 2.00 bits per heavy atom. The van der Waals surface area contributed by atoms with Crippen molar-refractivity contribution < 1.29 is 19.0 Å². The molecule has 16 heavy (non-hydrogen) atoms. The van der Waals surface area contributed by atoms with Crippen LogP contribution in [-0.2, 0) is 11.3 Å². The predicted octanol–water partition coefficient (Wildman–Crippen LogP) is 2.27. The van der Waals surface area contributed by atoms with Crippen LogP contribution in [0, 0.1) is 5.82 Å². The van der Waals surface area contributed by atoms with Crippen molar-refractivity contribution in [1.82, 2.24) is 0 Å². The van der Waals surface area contributed by atoms with E-state index in [1.165, 1.54) is 12.1 Å². The highest BCUT2D eigenvalue weighted by Gasteiger charge is 2.18. The van der Waals surface area contributed by atoms with Crippen LogP contribution in [0.5, 0.6) is 0 Å². The van der Waals surface area contributed by atoms with Crippen molar-refractivity contribution in [2.45, 2.75) is 33.0 Å². The van der Waals surface area contributed by atoms with Gasteiger partial charge in [-0.3, -0.25) is 0 Å². The molecule has 0 spiro atoms. The molecule has 1 aromatic rings. The first-order valence-corrected chi connectivity index (χ1v) is 4.95. The lowest BCUT2D eigenvalue weighted by Gasteiger charge is -2.19. The topological polar surface area (TPSA) is 46.5 Å². The maximum absolute atomic E-state index is 13.1. The second kappa shape index (κ2) is 4.61. The molecule has 0 saturated carbocycles. The van der Waals surface area contributed by atoms with Gasteiger partial charge >= 0.3 is 5.97 Å². The van der Waals surface area contributed by atoms with E-state index in [0.29, 0.717) is 5.56 Å². The van der Waals surface area contributed by atoms with Crippen molar-refractivity contribution in [1.29, 1.82) is 0 Å². The van der Waals surface area contributed by atoms with Gasteiger partial charge in [0.2, 0.25) is 0 Å². The molecular formula is C12H15FO3. The fourth-order valence-corrected chi connectivity index (χ4v) is 1.20. The number of esters is 1. The molecule has 1 aromatic carbocycles. The lowest BCUT2D eigenvalue weighted by atomic mass is 10.1. The Balaban J connectivity index is 2.95. The van der Waals surface area contributed by atoms with Gasteiger partial charge in [0.05, 0.1) is 12.2 Å². The third-order valence-electron chi connectivity index (χ3n) is 1.77. The smallest absolute Gasteiger partial charge is 0.338 e. The first-order chi connectivity index (χ1) is 7.31. The summed E-state index contributed by atoms with van der Waals surface area (Å²) in [5.41, 5.74) is -0.164. The molecule has 3 nitrogen and oxygen atoms in total. The van der Waals surface area contributed by atoms with E-state index in [2.05, 4.69) is 0 Å². The highest BCUT2D eigenvalue weighted by atomic mass is 19.1. The second-order valence-corrected chi connectivity index (χ2v) is 4.51. The van der Waals surface area contributed by atoms with Crippen LogP contribution in [0.1, 0.15) is 36.7 Å². The molecule has 0 aromatic heterocycles. The van der Waals surface area contributed by atoms with Crippen LogP contribution < -0.4 is 0 Å². The molecule has 4 heteroatoms. The summed E-state index contributed by atoms with van der Waals surface area (Å²) in [6.07, 6.45) is 0. The molecule has 0 saturated heterocycles. The zero-order valence-electron chi connectivity index (χ0n) is 9.58. The van der Waals surface area contributed by atoms with E-state index in [1.54, 1.807) is 20.8 Å². The maximum Gasteiger partial charge on any atom is 0.338 e. The van der Waals surface area contributed by atoms with Gasteiger partial charge in [-0.15, -0.1) is 0 Å². The van der Waals surface area contributed by atoms with Crippen molar-refractivity contribution in [3.63, 3.8) is 0 Å². The summed E-state index contributed by atoms with van der Waals surface area (Å²) in [5.74, 6) is -1.16. The minimum Gasteiger partial charge on any atom is -0.456 e. The normalized spacial score (nSPS) is 11.3. The zero-order chi connectivity index (χ0) is 12.3. The summed E-state index contributed by atoms with van der Waals surface area (Å²) < 4.78 is 18.2. The highest BCUT2D eigenvalue weighted by Crippen LogP contribution is 2.15. The number of aliphatic hydroxyl groups excluding tert-OH is 1. The molecule has 0 aliphatic heterocycles. The van der Waals surface area contributed by atoms with Gasteiger partial charge in [0, 0.05) is 0 Å². The maximum atomic E-state index is 13.1. The van der Waals surface area contributed by atoms with Crippen molar-refractivity contribution in [2.24, 2.45) is 0 Å². The summed E-state index contributed by atoms with van der Waals surface area (Å²) in [5, 5.41) is 8.88. The van der Waals surface area contributed by atoms with Gasteiger partial charge in [0.15, 0.2) is 0 Å². The molecule has 0 heterocycles. The van der Waals surface area contributed by atoms with Crippen molar-refractivity contribution in [3.05, 3.63) is 35.1 Å². The summed E-state index contributed by atoms with van der Waals surface area (Å²) in [6, 6.07) is 3.68. The van der Waals surface area contributed by atoms with Gasteiger partial charge in [-0.25, -0.2) is 9.18 Å². The molecule has 1 rings (SSSR count). The number of benzene rings is 1. The lowest BCUT2D eigenvalue weighted by molar-refractivity contribution is 0.00688. The standard InChI is InChI=1S/C12H15FO3/c1-12(2,3)16-11(15)9-4-8(7-14)5-10(13)6-9/h4-6,14H,7H2,1-3H3. The first-order valence-electron chi connectivity index (χ1n) is 4.95. The van der Waals surface area contributed by atoms with Gasteiger partial charge in [0.1, 0.15) is 11.4 Å². The fourth-order valence-electron chi connectivity index (χ4n) is 1.20. The molecule has 0 radical (unpaired) electrons. The molecule has 0 amide bonds. The largest absolute Gasteiger partial charge is 0.456 e. The minimum atomic E-state index is -0.622. The lowest BCUT2D eigenvalue weighted by Crippen LogP contribution is -2.24. The first kappa shape index (κ1) is 12.6. The monoisotopic (exact) mass is 226 g/mol. The quantitative estimate of drug-likeness (QED) is 0.787. The Kier molecular flexibility index (Phi) is 3.65. The molecule has 0 atom stereocenters. The third kappa shape index (κ3) is 3.62. The SMILES string of the molecule is CC(C)(C)OC(=O)c1cc(F)cc(CO)c1. The fraction of sp³-hybridized carbons (Fsp3) is 0.417. The molecule has 88 valence electrons. The van der Waals surface area contributed by atoms with Gasteiger partial charge < -0.3 is 9.84 Å². The van der Waals surface area contributed by atoms with Crippen LogP contribution in [0.4, 0.5) is 4.39 Å². The molecule has 0 fully saturated rings. The summed E-state index contributed by atoms with van der Waals surface area (Å²) >= 11 is 0. The van der Waals surface area contributed by atoms with Crippen LogP contribution in [0.2, 0.25) is 0 Å². The van der Waals surface area contributed by atoms with E-state index in [-0.39, 0.29) is 12.2 Å². The van der Waals surface area contributed by atoms with Crippen molar-refractivity contribution in [3.8, 4) is 0 Å². The Labute approximate surface area is 93.9 Å². The zero-order valence-corrected chi connectivity index (χ0v) is 9.58. The summed E-state index contributed by atoms with van der Waals surface area (Å²) in [4.78, 5) is 11.6. The number of carbonyl (C=O) groups is 1. The number of ether oxygens (including phenoxy) is 1. The van der Waals surface area contributed by atoms with Crippen molar-refractivity contribution >= 4 is 5.97 Å². The predicted molar refractivity (Wildman–Crippen MR) is 57.5 cm³/mol. The van der Waals surface area contributed by atoms with Crippen LogP contribution in [0.3, 0.4) is 0 Å². The Morgan fingerprint density at radius 3 is 2.50 bits per heavy atom. The number of halogens is 1. The van der Waals surface area contributed by atoms with Gasteiger partial charge in [-0.1, -0.05) is 0 Å². The number of aliphatic hydroxyl groups is 1. The van der Waals surface area contributed by atoms with Crippen LogP contribution in [-0.4, -0.2) is 16.7 Å². The molecule has 0 aliphatic carbocycles. The number of hydrogen-bond acceptors (Lipinski definition) is 3. The summed E-state index contributed by atoms with van der Waals surface area (Å²) in [6.45, 7) is 4.89.